The largest absolute Gasteiger partial charge is 0.445 e. The Morgan fingerprint density at radius 1 is 1.00 bits per heavy atom. The van der Waals surface area contributed by atoms with E-state index in [9.17, 15) is 4.79 Å². The van der Waals surface area contributed by atoms with E-state index in [0.29, 0.717) is 6.61 Å². The van der Waals surface area contributed by atoms with E-state index in [1.54, 1.807) is 0 Å². The zero-order valence-corrected chi connectivity index (χ0v) is 13.2. The van der Waals surface area contributed by atoms with Crippen LogP contribution in [0.5, 0.6) is 0 Å². The Kier molecular flexibility index (Phi) is 8.22. The lowest BCUT2D eigenvalue weighted by atomic mass is 9.96. The Labute approximate surface area is 147 Å². The molecule has 24 heavy (non-hydrogen) atoms. The third kappa shape index (κ3) is 4.94. The first kappa shape index (κ1) is 19.9. The summed E-state index contributed by atoms with van der Waals surface area (Å²) in [7, 11) is 0. The average Bonchev–Trinajstić information content (AvgIpc) is 2.61. The molecule has 2 N–H and O–H groups in total. The van der Waals surface area contributed by atoms with Gasteiger partial charge >= 0.3 is 6.09 Å². The van der Waals surface area contributed by atoms with Crippen LogP contribution in [-0.4, -0.2) is 34.0 Å². The van der Waals surface area contributed by atoms with Crippen molar-refractivity contribution in [1.82, 2.24) is 4.90 Å². The van der Waals surface area contributed by atoms with Crippen LogP contribution in [0.4, 0.5) is 4.79 Å². The molecular formula is C19H27NO3Si. The second-order valence-corrected chi connectivity index (χ2v) is 5.66. The first-order valence-electron chi connectivity index (χ1n) is 7.87. The number of ether oxygens (including phenoxy) is 1. The molecule has 0 spiro atoms. The molecule has 4 nitrogen and oxygen atoms in total. The number of nitrogens with zero attached hydrogens (tertiary/aromatic N) is 1. The summed E-state index contributed by atoms with van der Waals surface area (Å²) >= 11 is 0. The van der Waals surface area contributed by atoms with Crippen LogP contribution in [0.2, 0.25) is 0 Å². The molecule has 3 rings (SSSR count). The second-order valence-electron chi connectivity index (χ2n) is 5.66. The van der Waals surface area contributed by atoms with Crippen LogP contribution < -0.4 is 0 Å². The van der Waals surface area contributed by atoms with Gasteiger partial charge in [0, 0.05) is 6.54 Å². The van der Waals surface area contributed by atoms with Crippen molar-refractivity contribution in [2.75, 3.05) is 6.54 Å². The summed E-state index contributed by atoms with van der Waals surface area (Å²) in [5.74, 6) is 0. The average molecular weight is 346 g/mol. The fourth-order valence-electron chi connectivity index (χ4n) is 2.97. The summed E-state index contributed by atoms with van der Waals surface area (Å²) in [4.78, 5) is 14.3. The van der Waals surface area contributed by atoms with E-state index in [4.69, 9.17) is 4.74 Å². The summed E-state index contributed by atoms with van der Waals surface area (Å²) in [6, 6.07) is 20.2. The predicted octanol–water partition coefficient (Wildman–Crippen LogP) is 2.27. The van der Waals surface area contributed by atoms with Crippen molar-refractivity contribution < 1.29 is 15.0 Å². The van der Waals surface area contributed by atoms with Gasteiger partial charge in [-0.1, -0.05) is 60.7 Å². The highest BCUT2D eigenvalue weighted by Crippen LogP contribution is 2.31. The smallest absolute Gasteiger partial charge is 0.410 e. The zero-order chi connectivity index (χ0) is 15.2. The molecule has 0 saturated carbocycles. The van der Waals surface area contributed by atoms with Crippen molar-refractivity contribution in [2.24, 2.45) is 0 Å². The van der Waals surface area contributed by atoms with Gasteiger partial charge in [0.05, 0.1) is 6.04 Å². The van der Waals surface area contributed by atoms with E-state index in [0.717, 1.165) is 31.4 Å². The first-order valence-corrected chi connectivity index (χ1v) is 7.87. The minimum atomic E-state index is -0.211. The van der Waals surface area contributed by atoms with Gasteiger partial charge in [0.2, 0.25) is 0 Å². The number of hydrogen-bond donors (Lipinski definition) is 0. The van der Waals surface area contributed by atoms with E-state index in [-0.39, 0.29) is 28.6 Å². The van der Waals surface area contributed by atoms with E-state index >= 15 is 0 Å². The summed E-state index contributed by atoms with van der Waals surface area (Å²) in [5.41, 5.74) is 2.21. The lowest BCUT2D eigenvalue weighted by Gasteiger charge is -2.35. The fraction of sp³-hybridized carbons (Fsp3) is 0.316. The summed E-state index contributed by atoms with van der Waals surface area (Å²) in [6.07, 6.45) is 2.99. The molecule has 0 aliphatic carbocycles. The maximum absolute atomic E-state index is 12.5. The Balaban J connectivity index is 0.00000144. The van der Waals surface area contributed by atoms with E-state index in [2.05, 4.69) is 12.1 Å². The molecule has 1 fully saturated rings. The minimum absolute atomic E-state index is 0. The standard InChI is InChI=1S/C19H21NO2.H2O.H4Si/c21-19(22-15-16-9-3-1-4-10-16)20-14-8-7-13-18(20)17-11-5-2-6-12-17;;/h1-6,9-12,18H,7-8,13-15H2;1H2;1H4. The first-order chi connectivity index (χ1) is 10.8. The zero-order valence-electron chi connectivity index (χ0n) is 13.2. The maximum Gasteiger partial charge on any atom is 0.410 e. The molecule has 1 heterocycles. The normalized spacial score (nSPS) is 16.5. The highest BCUT2D eigenvalue weighted by Gasteiger charge is 2.28. The Hall–Kier alpha value is -2.11. The summed E-state index contributed by atoms with van der Waals surface area (Å²) < 4.78 is 5.51. The summed E-state index contributed by atoms with van der Waals surface area (Å²) in [5, 5.41) is 0. The molecule has 2 aromatic rings. The highest BCUT2D eigenvalue weighted by atomic mass is 28.1. The highest BCUT2D eigenvalue weighted by molar-refractivity contribution is 5.75. The van der Waals surface area contributed by atoms with Crippen molar-refractivity contribution in [3.05, 3.63) is 71.8 Å². The number of likely N-dealkylation sites (tertiary alicyclic amines) is 1. The fourth-order valence-corrected chi connectivity index (χ4v) is 2.97. The molecule has 0 aromatic heterocycles. The van der Waals surface area contributed by atoms with Crippen molar-refractivity contribution in [2.45, 2.75) is 31.9 Å². The van der Waals surface area contributed by atoms with Gasteiger partial charge in [-0.15, -0.1) is 0 Å². The van der Waals surface area contributed by atoms with Crippen molar-refractivity contribution in [3.8, 4) is 0 Å². The minimum Gasteiger partial charge on any atom is -0.445 e. The number of rotatable bonds is 3. The van der Waals surface area contributed by atoms with Gasteiger partial charge in [0.25, 0.3) is 0 Å². The lowest BCUT2D eigenvalue weighted by Crippen LogP contribution is -2.38. The predicted molar refractivity (Wildman–Crippen MR) is 101 cm³/mol. The van der Waals surface area contributed by atoms with Crippen molar-refractivity contribution >= 4 is 17.1 Å². The molecular weight excluding hydrogens is 318 g/mol. The van der Waals surface area contributed by atoms with Gasteiger partial charge in [-0.25, -0.2) is 4.79 Å². The number of amides is 1. The van der Waals surface area contributed by atoms with Gasteiger partial charge in [-0.3, -0.25) is 0 Å². The van der Waals surface area contributed by atoms with E-state index < -0.39 is 0 Å². The van der Waals surface area contributed by atoms with Crippen LogP contribution in [0.15, 0.2) is 60.7 Å². The van der Waals surface area contributed by atoms with Crippen molar-refractivity contribution in [3.63, 3.8) is 0 Å². The molecule has 5 heteroatoms. The van der Waals surface area contributed by atoms with Gasteiger partial charge in [-0.2, -0.15) is 0 Å². The lowest BCUT2D eigenvalue weighted by molar-refractivity contribution is 0.0679. The third-order valence-electron chi connectivity index (χ3n) is 4.13. The Bertz CT molecular complexity index is 607. The van der Waals surface area contributed by atoms with Gasteiger partial charge < -0.3 is 15.1 Å². The van der Waals surface area contributed by atoms with Crippen LogP contribution in [0.1, 0.15) is 36.4 Å². The quantitative estimate of drug-likeness (QED) is 0.801. The van der Waals surface area contributed by atoms with Crippen molar-refractivity contribution in [1.29, 1.82) is 0 Å². The molecule has 1 unspecified atom stereocenters. The Morgan fingerprint density at radius 3 is 2.29 bits per heavy atom. The number of benzene rings is 2. The summed E-state index contributed by atoms with van der Waals surface area (Å²) in [6.45, 7) is 1.10. The van der Waals surface area contributed by atoms with Crippen LogP contribution in [0.3, 0.4) is 0 Å². The van der Waals surface area contributed by atoms with Crippen LogP contribution in [0.25, 0.3) is 0 Å². The van der Waals surface area contributed by atoms with Gasteiger partial charge in [0.15, 0.2) is 0 Å². The Morgan fingerprint density at radius 2 is 1.62 bits per heavy atom. The molecule has 1 amide bonds. The molecule has 1 atom stereocenters. The molecule has 0 bridgehead atoms. The number of carbonyl (C=O) groups excluding carboxylic acids is 1. The number of piperidine rings is 1. The third-order valence-corrected chi connectivity index (χ3v) is 4.13. The van der Waals surface area contributed by atoms with Crippen LogP contribution >= 0.6 is 0 Å². The molecule has 1 saturated heterocycles. The second kappa shape index (κ2) is 9.90. The molecule has 2 aromatic carbocycles. The molecule has 1 aliphatic heterocycles. The topological polar surface area (TPSA) is 61.0 Å². The van der Waals surface area contributed by atoms with Crippen LogP contribution in [-0.2, 0) is 11.3 Å². The SMILES string of the molecule is O.O=C(OCc1ccccc1)N1CCCCC1c1ccccc1.[SiH4]. The van der Waals surface area contributed by atoms with Gasteiger partial charge in [-0.05, 0) is 41.4 Å². The van der Waals surface area contributed by atoms with Crippen LogP contribution in [0, 0.1) is 0 Å². The van der Waals surface area contributed by atoms with E-state index in [1.165, 1.54) is 5.56 Å². The monoisotopic (exact) mass is 345 g/mol. The molecule has 1 aliphatic rings. The number of carbonyl (C=O) groups is 1. The molecule has 0 radical (unpaired) electrons. The van der Waals surface area contributed by atoms with E-state index in [1.807, 2.05) is 53.4 Å². The molecule has 130 valence electrons. The maximum atomic E-state index is 12.5. The van der Waals surface area contributed by atoms with Gasteiger partial charge in [0.1, 0.15) is 6.61 Å². The number of hydrogen-bond acceptors (Lipinski definition) is 2.